The third-order valence-electron chi connectivity index (χ3n) is 5.10. The normalized spacial score (nSPS) is 20.8. The average molecular weight is 377 g/mol. The molecule has 0 spiro atoms. The second-order valence-electron chi connectivity index (χ2n) is 6.91. The molecule has 3 atom stereocenters. The van der Waals surface area contributed by atoms with Crippen LogP contribution in [-0.2, 0) is 0 Å². The lowest BCUT2D eigenvalue weighted by Gasteiger charge is -2.34. The maximum atomic E-state index is 12.7. The van der Waals surface area contributed by atoms with Gasteiger partial charge in [0.2, 0.25) is 12.0 Å². The largest absolute Gasteiger partial charge is 0.369 e. The first-order valence-electron chi connectivity index (χ1n) is 8.87. The molecule has 3 aromatic rings. The number of nitrogens with two attached hydrogens (primary N) is 1. The molecule has 0 bridgehead atoms. The molecule has 28 heavy (non-hydrogen) atoms. The quantitative estimate of drug-likeness (QED) is 0.476. The number of nitro groups is 1. The van der Waals surface area contributed by atoms with Crippen LogP contribution in [-0.4, -0.2) is 20.9 Å². The van der Waals surface area contributed by atoms with E-state index in [-0.39, 0.29) is 22.3 Å². The van der Waals surface area contributed by atoms with Gasteiger partial charge in [0.15, 0.2) is 0 Å². The highest BCUT2D eigenvalue weighted by Gasteiger charge is 2.48. The van der Waals surface area contributed by atoms with Gasteiger partial charge in [-0.3, -0.25) is 19.9 Å². The monoisotopic (exact) mass is 377 g/mol. The van der Waals surface area contributed by atoms with Crippen LogP contribution in [0.1, 0.15) is 34.2 Å². The molecule has 0 fully saturated rings. The summed E-state index contributed by atoms with van der Waals surface area (Å²) in [4.78, 5) is 31.2. The van der Waals surface area contributed by atoms with Gasteiger partial charge in [-0.25, -0.2) is 0 Å². The van der Waals surface area contributed by atoms with E-state index in [2.05, 4.69) is 15.3 Å². The Morgan fingerprint density at radius 3 is 2.39 bits per heavy atom. The second kappa shape index (κ2) is 6.80. The number of aromatic nitrogens is 2. The number of hydrogen-bond donors (Lipinski definition) is 3. The van der Waals surface area contributed by atoms with Gasteiger partial charge in [0, 0.05) is 4.92 Å². The molecule has 142 valence electrons. The number of nitrogens with zero attached hydrogens (tertiary/aromatic N) is 2. The molecule has 8 heteroatoms. The number of hydrogen-bond acceptors (Lipinski definition) is 6. The third kappa shape index (κ3) is 2.98. The van der Waals surface area contributed by atoms with Crippen LogP contribution in [0.2, 0.25) is 0 Å². The van der Waals surface area contributed by atoms with Crippen molar-refractivity contribution >= 4 is 11.8 Å². The molecule has 0 saturated heterocycles. The average Bonchev–Trinajstić information content (AvgIpc) is 2.67. The zero-order valence-electron chi connectivity index (χ0n) is 15.1. The predicted octanol–water partition coefficient (Wildman–Crippen LogP) is 2.60. The van der Waals surface area contributed by atoms with Crippen molar-refractivity contribution in [1.82, 2.24) is 9.97 Å². The number of H-pyrrole nitrogens is 1. The van der Waals surface area contributed by atoms with E-state index in [9.17, 15) is 14.9 Å². The van der Waals surface area contributed by atoms with Crippen molar-refractivity contribution in [3.63, 3.8) is 0 Å². The maximum absolute atomic E-state index is 12.7. The molecule has 8 nitrogen and oxygen atoms in total. The fourth-order valence-corrected chi connectivity index (χ4v) is 3.82. The Labute approximate surface area is 160 Å². The maximum Gasteiger partial charge on any atom is 0.258 e. The van der Waals surface area contributed by atoms with Crippen LogP contribution in [0, 0.1) is 17.0 Å². The van der Waals surface area contributed by atoms with E-state index >= 15 is 0 Å². The highest BCUT2D eigenvalue weighted by molar-refractivity contribution is 5.57. The third-order valence-corrected chi connectivity index (χ3v) is 5.10. The molecule has 0 aliphatic carbocycles. The smallest absolute Gasteiger partial charge is 0.258 e. The summed E-state index contributed by atoms with van der Waals surface area (Å²) in [7, 11) is 0. The molecule has 0 unspecified atom stereocenters. The Balaban J connectivity index is 1.97. The highest BCUT2D eigenvalue weighted by Crippen LogP contribution is 2.43. The van der Waals surface area contributed by atoms with Gasteiger partial charge in [-0.2, -0.15) is 4.98 Å². The number of aryl methyl sites for hydroxylation is 1. The Hall–Kier alpha value is -3.68. The lowest BCUT2D eigenvalue weighted by Crippen LogP contribution is -2.45. The zero-order chi connectivity index (χ0) is 19.8. The molecule has 0 amide bonds. The molecule has 0 radical (unpaired) electrons. The molecule has 2 aromatic carbocycles. The summed E-state index contributed by atoms with van der Waals surface area (Å²) in [5.74, 6) is -0.528. The number of fused-ring (bicyclic) bond motifs is 1. The zero-order valence-corrected chi connectivity index (χ0v) is 15.1. The van der Waals surface area contributed by atoms with Gasteiger partial charge in [0.1, 0.15) is 11.9 Å². The molecule has 4 rings (SSSR count). The van der Waals surface area contributed by atoms with Crippen LogP contribution < -0.4 is 16.6 Å². The van der Waals surface area contributed by atoms with Crippen LogP contribution in [0.25, 0.3) is 0 Å². The van der Waals surface area contributed by atoms with Gasteiger partial charge in [0.05, 0.1) is 11.5 Å². The molecule has 1 aromatic heterocycles. The number of nitrogen functional groups attached to an aromatic ring is 1. The van der Waals surface area contributed by atoms with Gasteiger partial charge in [-0.15, -0.1) is 0 Å². The van der Waals surface area contributed by atoms with Crippen LogP contribution in [0.4, 0.5) is 11.8 Å². The van der Waals surface area contributed by atoms with E-state index in [1.807, 2.05) is 37.3 Å². The molecular formula is C20H19N5O3. The van der Waals surface area contributed by atoms with Gasteiger partial charge < -0.3 is 11.1 Å². The lowest BCUT2D eigenvalue weighted by atomic mass is 9.78. The molecular weight excluding hydrogens is 358 g/mol. The minimum absolute atomic E-state index is 0.0368. The second-order valence-corrected chi connectivity index (χ2v) is 6.91. The minimum Gasteiger partial charge on any atom is -0.369 e. The fourth-order valence-electron chi connectivity index (χ4n) is 3.82. The Morgan fingerprint density at radius 2 is 1.75 bits per heavy atom. The van der Waals surface area contributed by atoms with Crippen molar-refractivity contribution in [1.29, 1.82) is 0 Å². The standard InChI is InChI=1S/C20H19N5O3/c1-11-7-9-13(10-8-11)16-17(25(27)28)14(12-5-3-2-4-6-12)15-18(22-16)23-20(21)24-19(15)26/h2-10,14,16-17H,1H3,(H4,21,22,23,24,26)/t14-,16+,17+/m0/s1. The van der Waals surface area contributed by atoms with E-state index < -0.39 is 23.6 Å². The Bertz CT molecular complexity index is 1080. The van der Waals surface area contributed by atoms with Gasteiger partial charge in [-0.05, 0) is 18.1 Å². The van der Waals surface area contributed by atoms with Crippen molar-refractivity contribution in [2.24, 2.45) is 0 Å². The molecule has 1 aliphatic rings. The summed E-state index contributed by atoms with van der Waals surface area (Å²) < 4.78 is 0. The number of aromatic amines is 1. The van der Waals surface area contributed by atoms with Crippen molar-refractivity contribution in [3.05, 3.63) is 97.3 Å². The highest BCUT2D eigenvalue weighted by atomic mass is 16.6. The van der Waals surface area contributed by atoms with Crippen molar-refractivity contribution in [2.45, 2.75) is 24.9 Å². The van der Waals surface area contributed by atoms with E-state index in [1.165, 1.54) is 0 Å². The van der Waals surface area contributed by atoms with E-state index in [0.717, 1.165) is 11.1 Å². The summed E-state index contributed by atoms with van der Waals surface area (Å²) in [6, 6.07) is 14.8. The van der Waals surface area contributed by atoms with Crippen LogP contribution in [0.3, 0.4) is 0 Å². The molecule has 4 N–H and O–H groups in total. The van der Waals surface area contributed by atoms with Crippen molar-refractivity contribution < 1.29 is 4.92 Å². The van der Waals surface area contributed by atoms with Gasteiger partial charge in [-0.1, -0.05) is 60.2 Å². The van der Waals surface area contributed by atoms with Crippen molar-refractivity contribution in [2.75, 3.05) is 11.1 Å². The Kier molecular flexibility index (Phi) is 4.31. The number of anilines is 2. The molecule has 0 saturated carbocycles. The van der Waals surface area contributed by atoms with Crippen LogP contribution in [0.5, 0.6) is 0 Å². The van der Waals surface area contributed by atoms with Crippen molar-refractivity contribution in [3.8, 4) is 0 Å². The van der Waals surface area contributed by atoms with Gasteiger partial charge in [0.25, 0.3) is 5.56 Å². The number of rotatable bonds is 3. The van der Waals surface area contributed by atoms with E-state index in [0.29, 0.717) is 5.56 Å². The summed E-state index contributed by atoms with van der Waals surface area (Å²) in [6.07, 6.45) is 0. The van der Waals surface area contributed by atoms with E-state index in [4.69, 9.17) is 5.73 Å². The lowest BCUT2D eigenvalue weighted by molar-refractivity contribution is -0.529. The number of nitrogens with one attached hydrogen (secondary N) is 2. The summed E-state index contributed by atoms with van der Waals surface area (Å²) in [5, 5.41) is 15.3. The SMILES string of the molecule is Cc1ccc([C@H]2Nc3nc(N)[nH]c(=O)c3[C@H](c3ccccc3)[C@H]2[N+](=O)[O-])cc1. The first-order chi connectivity index (χ1) is 13.5. The predicted molar refractivity (Wildman–Crippen MR) is 106 cm³/mol. The number of benzene rings is 2. The summed E-state index contributed by atoms with van der Waals surface area (Å²) in [6.45, 7) is 1.95. The van der Waals surface area contributed by atoms with E-state index in [1.54, 1.807) is 24.3 Å². The molecule has 1 aliphatic heterocycles. The fraction of sp³-hybridized carbons (Fsp3) is 0.200. The first-order valence-corrected chi connectivity index (χ1v) is 8.87. The summed E-state index contributed by atoms with van der Waals surface area (Å²) in [5.41, 5.74) is 7.96. The molecule has 2 heterocycles. The van der Waals surface area contributed by atoms with Crippen LogP contribution in [0.15, 0.2) is 59.4 Å². The van der Waals surface area contributed by atoms with Gasteiger partial charge >= 0.3 is 0 Å². The topological polar surface area (TPSA) is 127 Å². The Morgan fingerprint density at radius 1 is 1.07 bits per heavy atom. The minimum atomic E-state index is -1.09. The summed E-state index contributed by atoms with van der Waals surface area (Å²) >= 11 is 0. The van der Waals surface area contributed by atoms with Crippen LogP contribution >= 0.6 is 0 Å². The first kappa shape index (κ1) is 17.7.